The van der Waals surface area contributed by atoms with E-state index in [-0.39, 0.29) is 17.7 Å². The maximum absolute atomic E-state index is 11.9. The summed E-state index contributed by atoms with van der Waals surface area (Å²) in [6, 6.07) is 3.35. The SMILES string of the molecule is CCOC(C)CNC(=O)c1nc(NC)ccc1Cl. The molecular weight excluding hydrogens is 254 g/mol. The van der Waals surface area contributed by atoms with Gasteiger partial charge >= 0.3 is 0 Å². The summed E-state index contributed by atoms with van der Waals surface area (Å²) in [6.45, 7) is 4.84. The number of nitrogens with one attached hydrogen (secondary N) is 2. The predicted octanol–water partition coefficient (Wildman–Crippen LogP) is 1.93. The van der Waals surface area contributed by atoms with Gasteiger partial charge in [0.15, 0.2) is 0 Å². The highest BCUT2D eigenvalue weighted by atomic mass is 35.5. The number of halogens is 1. The Morgan fingerprint density at radius 2 is 2.28 bits per heavy atom. The second-order valence-electron chi connectivity index (χ2n) is 3.75. The number of hydrogen-bond donors (Lipinski definition) is 2. The number of carbonyl (C=O) groups excluding carboxylic acids is 1. The normalized spacial score (nSPS) is 12.0. The molecule has 0 aromatic carbocycles. The second-order valence-corrected chi connectivity index (χ2v) is 4.16. The van der Waals surface area contributed by atoms with Crippen molar-refractivity contribution in [3.63, 3.8) is 0 Å². The zero-order valence-corrected chi connectivity index (χ0v) is 11.5. The van der Waals surface area contributed by atoms with Crippen molar-refractivity contribution >= 4 is 23.3 Å². The van der Waals surface area contributed by atoms with Gasteiger partial charge in [-0.2, -0.15) is 0 Å². The molecule has 5 nitrogen and oxygen atoms in total. The summed E-state index contributed by atoms with van der Waals surface area (Å²) in [7, 11) is 1.73. The molecule has 1 rings (SSSR count). The average Bonchev–Trinajstić information content (AvgIpc) is 2.37. The number of carbonyl (C=O) groups is 1. The summed E-state index contributed by atoms with van der Waals surface area (Å²) in [6.07, 6.45) is -0.0368. The summed E-state index contributed by atoms with van der Waals surface area (Å²) < 4.78 is 5.32. The fraction of sp³-hybridized carbons (Fsp3) is 0.500. The first-order valence-corrected chi connectivity index (χ1v) is 6.20. The van der Waals surface area contributed by atoms with Crippen LogP contribution in [0.15, 0.2) is 12.1 Å². The van der Waals surface area contributed by atoms with Gasteiger partial charge in [0.2, 0.25) is 0 Å². The second kappa shape index (κ2) is 7.18. The van der Waals surface area contributed by atoms with E-state index in [0.29, 0.717) is 24.0 Å². The van der Waals surface area contributed by atoms with Crippen LogP contribution in [0.1, 0.15) is 24.3 Å². The van der Waals surface area contributed by atoms with Crippen LogP contribution in [0.5, 0.6) is 0 Å². The molecule has 1 atom stereocenters. The third-order valence-electron chi connectivity index (χ3n) is 2.32. The van der Waals surface area contributed by atoms with Gasteiger partial charge in [-0.15, -0.1) is 0 Å². The molecule has 18 heavy (non-hydrogen) atoms. The molecule has 1 unspecified atom stereocenters. The van der Waals surface area contributed by atoms with E-state index in [4.69, 9.17) is 16.3 Å². The number of anilines is 1. The van der Waals surface area contributed by atoms with Crippen LogP contribution >= 0.6 is 11.6 Å². The number of hydrogen-bond acceptors (Lipinski definition) is 4. The molecule has 1 amide bonds. The highest BCUT2D eigenvalue weighted by molar-refractivity contribution is 6.33. The van der Waals surface area contributed by atoms with E-state index in [1.54, 1.807) is 19.2 Å². The van der Waals surface area contributed by atoms with E-state index in [9.17, 15) is 4.79 Å². The lowest BCUT2D eigenvalue weighted by Gasteiger charge is -2.13. The predicted molar refractivity (Wildman–Crippen MR) is 72.2 cm³/mol. The van der Waals surface area contributed by atoms with Gasteiger partial charge in [-0.25, -0.2) is 4.98 Å². The molecule has 6 heteroatoms. The van der Waals surface area contributed by atoms with Crippen LogP contribution in [0, 0.1) is 0 Å². The van der Waals surface area contributed by atoms with E-state index in [0.717, 1.165) is 0 Å². The van der Waals surface area contributed by atoms with Gasteiger partial charge in [0, 0.05) is 20.2 Å². The van der Waals surface area contributed by atoms with Crippen LogP contribution < -0.4 is 10.6 Å². The van der Waals surface area contributed by atoms with Crippen molar-refractivity contribution in [2.45, 2.75) is 20.0 Å². The fourth-order valence-electron chi connectivity index (χ4n) is 1.40. The van der Waals surface area contributed by atoms with Gasteiger partial charge in [-0.1, -0.05) is 11.6 Å². The highest BCUT2D eigenvalue weighted by Crippen LogP contribution is 2.16. The molecule has 0 bridgehead atoms. The zero-order valence-electron chi connectivity index (χ0n) is 10.8. The van der Waals surface area contributed by atoms with E-state index < -0.39 is 0 Å². The maximum atomic E-state index is 11.9. The summed E-state index contributed by atoms with van der Waals surface area (Å²) in [5.74, 6) is 0.297. The van der Waals surface area contributed by atoms with Crippen molar-refractivity contribution in [1.29, 1.82) is 0 Å². The Hall–Kier alpha value is -1.33. The first kappa shape index (κ1) is 14.7. The van der Waals surface area contributed by atoms with Gasteiger partial charge < -0.3 is 15.4 Å². The number of rotatable bonds is 6. The smallest absolute Gasteiger partial charge is 0.271 e. The van der Waals surface area contributed by atoms with Crippen molar-refractivity contribution in [3.8, 4) is 0 Å². The monoisotopic (exact) mass is 271 g/mol. The molecule has 1 aromatic rings. The lowest BCUT2D eigenvalue weighted by Crippen LogP contribution is -2.32. The Kier molecular flexibility index (Phi) is 5.88. The first-order chi connectivity index (χ1) is 8.58. The number of aromatic nitrogens is 1. The maximum Gasteiger partial charge on any atom is 0.271 e. The van der Waals surface area contributed by atoms with Crippen LogP contribution in [0.2, 0.25) is 5.02 Å². The van der Waals surface area contributed by atoms with Crippen molar-refractivity contribution < 1.29 is 9.53 Å². The number of amides is 1. The van der Waals surface area contributed by atoms with Crippen molar-refractivity contribution in [2.24, 2.45) is 0 Å². The average molecular weight is 272 g/mol. The molecule has 0 radical (unpaired) electrons. The Balaban J connectivity index is 2.66. The Bertz CT molecular complexity index is 412. The molecule has 100 valence electrons. The van der Waals surface area contributed by atoms with Crippen LogP contribution in [-0.2, 0) is 4.74 Å². The van der Waals surface area contributed by atoms with E-state index in [2.05, 4.69) is 15.6 Å². The van der Waals surface area contributed by atoms with Gasteiger partial charge in [0.1, 0.15) is 11.5 Å². The minimum atomic E-state index is -0.302. The summed E-state index contributed by atoms with van der Waals surface area (Å²) in [5, 5.41) is 5.93. The molecule has 0 fully saturated rings. The zero-order chi connectivity index (χ0) is 13.5. The first-order valence-electron chi connectivity index (χ1n) is 5.82. The van der Waals surface area contributed by atoms with Crippen molar-refractivity contribution in [3.05, 3.63) is 22.8 Å². The molecule has 0 saturated heterocycles. The topological polar surface area (TPSA) is 63.2 Å². The summed E-state index contributed by atoms with van der Waals surface area (Å²) in [5.41, 5.74) is 0.215. The summed E-state index contributed by atoms with van der Waals surface area (Å²) >= 11 is 5.94. The molecule has 0 aliphatic rings. The molecule has 1 heterocycles. The summed E-state index contributed by atoms with van der Waals surface area (Å²) in [4.78, 5) is 16.0. The van der Waals surface area contributed by atoms with Crippen LogP contribution in [0.25, 0.3) is 0 Å². The van der Waals surface area contributed by atoms with Crippen molar-refractivity contribution in [2.75, 3.05) is 25.5 Å². The molecule has 0 saturated carbocycles. The third-order valence-corrected chi connectivity index (χ3v) is 2.62. The lowest BCUT2D eigenvalue weighted by atomic mass is 10.3. The third kappa shape index (κ3) is 4.16. The minimum Gasteiger partial charge on any atom is -0.377 e. The van der Waals surface area contributed by atoms with Gasteiger partial charge in [0.05, 0.1) is 11.1 Å². The van der Waals surface area contributed by atoms with Crippen LogP contribution in [0.3, 0.4) is 0 Å². The van der Waals surface area contributed by atoms with Crippen LogP contribution in [0.4, 0.5) is 5.82 Å². The quantitative estimate of drug-likeness (QED) is 0.830. The molecule has 0 spiro atoms. The number of nitrogens with zero attached hydrogens (tertiary/aromatic N) is 1. The standard InChI is InChI=1S/C12H18ClN3O2/c1-4-18-8(2)7-15-12(17)11-9(13)5-6-10(14-3)16-11/h5-6,8H,4,7H2,1-3H3,(H,14,16)(H,15,17). The van der Waals surface area contributed by atoms with Gasteiger partial charge in [-0.3, -0.25) is 4.79 Å². The minimum absolute atomic E-state index is 0.0368. The molecular formula is C12H18ClN3O2. The Morgan fingerprint density at radius 3 is 2.89 bits per heavy atom. The lowest BCUT2D eigenvalue weighted by molar-refractivity contribution is 0.0693. The number of ether oxygens (including phenoxy) is 1. The van der Waals surface area contributed by atoms with Gasteiger partial charge in [-0.05, 0) is 26.0 Å². The van der Waals surface area contributed by atoms with E-state index in [1.165, 1.54) is 0 Å². The van der Waals surface area contributed by atoms with Crippen LogP contribution in [-0.4, -0.2) is 37.2 Å². The molecule has 2 N–H and O–H groups in total. The fourth-order valence-corrected chi connectivity index (χ4v) is 1.60. The number of pyridine rings is 1. The Labute approximate surface area is 112 Å². The highest BCUT2D eigenvalue weighted by Gasteiger charge is 2.13. The largest absolute Gasteiger partial charge is 0.377 e. The van der Waals surface area contributed by atoms with E-state index in [1.807, 2.05) is 13.8 Å². The Morgan fingerprint density at radius 1 is 1.56 bits per heavy atom. The van der Waals surface area contributed by atoms with E-state index >= 15 is 0 Å². The molecule has 0 aliphatic carbocycles. The molecule has 1 aromatic heterocycles. The van der Waals surface area contributed by atoms with Gasteiger partial charge in [0.25, 0.3) is 5.91 Å². The van der Waals surface area contributed by atoms with Crippen molar-refractivity contribution in [1.82, 2.24) is 10.3 Å². The molecule has 0 aliphatic heterocycles.